The molecule has 0 aromatic heterocycles. The smallest absolute Gasteiger partial charge is 0.302 e. The summed E-state index contributed by atoms with van der Waals surface area (Å²) in [6.45, 7) is 2.06. The third-order valence-electron chi connectivity index (χ3n) is 4.58. The second-order valence-corrected chi connectivity index (χ2v) is 6.38. The molecule has 1 aliphatic carbocycles. The maximum atomic E-state index is 11.3. The van der Waals surface area contributed by atoms with Gasteiger partial charge >= 0.3 is 5.97 Å². The van der Waals surface area contributed by atoms with Crippen LogP contribution in [0.4, 0.5) is 0 Å². The topological polar surface area (TPSA) is 35.5 Å². The third kappa shape index (κ3) is 4.38. The van der Waals surface area contributed by atoms with E-state index in [0.29, 0.717) is 12.5 Å². The minimum absolute atomic E-state index is 0.00679. The highest BCUT2D eigenvalue weighted by molar-refractivity contribution is 5.66. The van der Waals surface area contributed by atoms with Crippen molar-refractivity contribution < 1.29 is 14.3 Å². The van der Waals surface area contributed by atoms with Gasteiger partial charge in [-0.25, -0.2) is 0 Å². The van der Waals surface area contributed by atoms with Gasteiger partial charge in [0.25, 0.3) is 0 Å². The average molecular weight is 324 g/mol. The van der Waals surface area contributed by atoms with Crippen LogP contribution in [0.1, 0.15) is 49.7 Å². The molecule has 0 bridgehead atoms. The number of benzene rings is 2. The van der Waals surface area contributed by atoms with Crippen LogP contribution in [0.2, 0.25) is 0 Å². The first-order valence-corrected chi connectivity index (χ1v) is 8.66. The molecule has 2 unspecified atom stereocenters. The molecule has 2 atom stereocenters. The molecule has 3 heteroatoms. The molecule has 0 radical (unpaired) electrons. The molecule has 0 aliphatic heterocycles. The van der Waals surface area contributed by atoms with Gasteiger partial charge in [-0.3, -0.25) is 4.79 Å². The molecule has 0 N–H and O–H groups in total. The van der Waals surface area contributed by atoms with Crippen LogP contribution in [-0.4, -0.2) is 12.1 Å². The summed E-state index contributed by atoms with van der Waals surface area (Å²) in [6.07, 6.45) is 4.35. The van der Waals surface area contributed by atoms with Gasteiger partial charge in [0.15, 0.2) is 0 Å². The van der Waals surface area contributed by atoms with E-state index in [9.17, 15) is 4.79 Å². The monoisotopic (exact) mass is 324 g/mol. The van der Waals surface area contributed by atoms with E-state index in [-0.39, 0.29) is 12.1 Å². The van der Waals surface area contributed by atoms with Crippen LogP contribution < -0.4 is 4.74 Å². The Balaban J connectivity index is 1.63. The molecule has 2 aromatic rings. The number of hydrogen-bond acceptors (Lipinski definition) is 3. The average Bonchev–Trinajstić information content (AvgIpc) is 2.61. The zero-order valence-electron chi connectivity index (χ0n) is 14.1. The van der Waals surface area contributed by atoms with Crippen molar-refractivity contribution in [1.29, 1.82) is 0 Å². The molecule has 0 amide bonds. The zero-order chi connectivity index (χ0) is 16.8. The van der Waals surface area contributed by atoms with Crippen LogP contribution in [0.3, 0.4) is 0 Å². The molecule has 3 nitrogen and oxygen atoms in total. The second-order valence-electron chi connectivity index (χ2n) is 6.38. The van der Waals surface area contributed by atoms with E-state index in [0.717, 1.165) is 30.6 Å². The molecule has 3 rings (SSSR count). The third-order valence-corrected chi connectivity index (χ3v) is 4.58. The van der Waals surface area contributed by atoms with Gasteiger partial charge in [0, 0.05) is 12.8 Å². The van der Waals surface area contributed by atoms with Gasteiger partial charge < -0.3 is 9.47 Å². The van der Waals surface area contributed by atoms with Gasteiger partial charge in [-0.15, -0.1) is 0 Å². The van der Waals surface area contributed by atoms with Crippen molar-refractivity contribution in [2.75, 3.05) is 0 Å². The Bertz CT molecular complexity index is 649. The summed E-state index contributed by atoms with van der Waals surface area (Å²) in [7, 11) is 0. The van der Waals surface area contributed by atoms with Crippen molar-refractivity contribution in [2.45, 2.75) is 51.2 Å². The standard InChI is InChI=1S/C21H24O3/c1-16(22)24-21-10-6-5-9-20(21)18-11-13-19(14-12-18)23-15-17-7-3-2-4-8-17/h2-4,7-8,11-14,20-21H,5-6,9-10,15H2,1H3. The number of carbonyl (C=O) groups excluding carboxylic acids is 1. The van der Waals surface area contributed by atoms with Crippen LogP contribution >= 0.6 is 0 Å². The van der Waals surface area contributed by atoms with Crippen LogP contribution in [0.5, 0.6) is 5.75 Å². The van der Waals surface area contributed by atoms with Gasteiger partial charge in [0.1, 0.15) is 18.5 Å². The molecule has 24 heavy (non-hydrogen) atoms. The van der Waals surface area contributed by atoms with E-state index in [4.69, 9.17) is 9.47 Å². The van der Waals surface area contributed by atoms with Gasteiger partial charge in [-0.1, -0.05) is 48.9 Å². The van der Waals surface area contributed by atoms with Crippen molar-refractivity contribution in [2.24, 2.45) is 0 Å². The lowest BCUT2D eigenvalue weighted by molar-refractivity contribution is -0.148. The Morgan fingerprint density at radius 2 is 1.71 bits per heavy atom. The van der Waals surface area contributed by atoms with Crippen molar-refractivity contribution >= 4 is 5.97 Å². The molecular formula is C21H24O3. The summed E-state index contributed by atoms with van der Waals surface area (Å²) in [4.78, 5) is 11.3. The molecule has 1 aliphatic rings. The van der Waals surface area contributed by atoms with Crippen LogP contribution in [0, 0.1) is 0 Å². The molecule has 0 heterocycles. The number of hydrogen-bond donors (Lipinski definition) is 0. The van der Waals surface area contributed by atoms with E-state index in [2.05, 4.69) is 24.3 Å². The first-order chi connectivity index (χ1) is 11.7. The first kappa shape index (κ1) is 16.6. The summed E-state index contributed by atoms with van der Waals surface area (Å²) in [6, 6.07) is 18.4. The first-order valence-electron chi connectivity index (χ1n) is 8.66. The zero-order valence-corrected chi connectivity index (χ0v) is 14.1. The number of carbonyl (C=O) groups is 1. The van der Waals surface area contributed by atoms with Crippen LogP contribution in [0.15, 0.2) is 54.6 Å². The van der Waals surface area contributed by atoms with E-state index < -0.39 is 0 Å². The lowest BCUT2D eigenvalue weighted by Crippen LogP contribution is -2.27. The lowest BCUT2D eigenvalue weighted by atomic mass is 9.81. The number of rotatable bonds is 5. The van der Waals surface area contributed by atoms with Gasteiger partial charge in [0.2, 0.25) is 0 Å². The molecule has 0 saturated heterocycles. The second kappa shape index (κ2) is 8.00. The van der Waals surface area contributed by atoms with Gasteiger partial charge in [-0.2, -0.15) is 0 Å². The fraction of sp³-hybridized carbons (Fsp3) is 0.381. The van der Waals surface area contributed by atoms with Crippen molar-refractivity contribution in [1.82, 2.24) is 0 Å². The Kier molecular flexibility index (Phi) is 5.52. The predicted octanol–water partition coefficient (Wildman–Crippen LogP) is 4.85. The summed E-state index contributed by atoms with van der Waals surface area (Å²) >= 11 is 0. The van der Waals surface area contributed by atoms with Gasteiger partial charge in [0.05, 0.1) is 0 Å². The Labute approximate surface area is 143 Å². The SMILES string of the molecule is CC(=O)OC1CCCCC1c1ccc(OCc2ccccc2)cc1. The molecular weight excluding hydrogens is 300 g/mol. The molecule has 1 fully saturated rings. The molecule has 126 valence electrons. The normalized spacial score (nSPS) is 20.4. The predicted molar refractivity (Wildman–Crippen MR) is 94.0 cm³/mol. The highest BCUT2D eigenvalue weighted by Crippen LogP contribution is 2.35. The number of ether oxygens (including phenoxy) is 2. The van der Waals surface area contributed by atoms with E-state index in [1.54, 1.807) is 0 Å². The minimum Gasteiger partial charge on any atom is -0.489 e. The number of esters is 1. The van der Waals surface area contributed by atoms with Crippen molar-refractivity contribution in [3.63, 3.8) is 0 Å². The Hall–Kier alpha value is -2.29. The maximum Gasteiger partial charge on any atom is 0.302 e. The van der Waals surface area contributed by atoms with E-state index in [1.807, 2.05) is 30.3 Å². The lowest BCUT2D eigenvalue weighted by Gasteiger charge is -2.31. The maximum absolute atomic E-state index is 11.3. The summed E-state index contributed by atoms with van der Waals surface area (Å²) < 4.78 is 11.4. The van der Waals surface area contributed by atoms with Crippen LogP contribution in [-0.2, 0) is 16.1 Å². The van der Waals surface area contributed by atoms with Crippen molar-refractivity contribution in [3.8, 4) is 5.75 Å². The largest absolute Gasteiger partial charge is 0.489 e. The minimum atomic E-state index is -0.185. The van der Waals surface area contributed by atoms with Crippen molar-refractivity contribution in [3.05, 3.63) is 65.7 Å². The van der Waals surface area contributed by atoms with Crippen LogP contribution in [0.25, 0.3) is 0 Å². The molecule has 1 saturated carbocycles. The summed E-state index contributed by atoms with van der Waals surface area (Å²) in [5, 5.41) is 0. The van der Waals surface area contributed by atoms with E-state index >= 15 is 0 Å². The quantitative estimate of drug-likeness (QED) is 0.737. The summed E-state index contributed by atoms with van der Waals surface area (Å²) in [5.74, 6) is 0.975. The fourth-order valence-electron chi connectivity index (χ4n) is 3.38. The Morgan fingerprint density at radius 1 is 1.00 bits per heavy atom. The van der Waals surface area contributed by atoms with E-state index in [1.165, 1.54) is 18.9 Å². The highest BCUT2D eigenvalue weighted by Gasteiger charge is 2.28. The molecule has 0 spiro atoms. The summed E-state index contributed by atoms with van der Waals surface area (Å²) in [5.41, 5.74) is 2.39. The molecule has 2 aromatic carbocycles. The highest BCUT2D eigenvalue weighted by atomic mass is 16.5. The Morgan fingerprint density at radius 3 is 2.42 bits per heavy atom. The fourth-order valence-corrected chi connectivity index (χ4v) is 3.38. The van der Waals surface area contributed by atoms with Gasteiger partial charge in [-0.05, 0) is 42.5 Å².